The monoisotopic (exact) mass is 306 g/mol. The van der Waals surface area contributed by atoms with Gasteiger partial charge in [0.05, 0.1) is 6.54 Å². The molecule has 0 spiro atoms. The zero-order valence-corrected chi connectivity index (χ0v) is 13.1. The highest BCUT2D eigenvalue weighted by molar-refractivity contribution is 8.00. The van der Waals surface area contributed by atoms with Crippen molar-refractivity contribution in [2.24, 2.45) is 0 Å². The first-order chi connectivity index (χ1) is 9.67. The fourth-order valence-corrected chi connectivity index (χ4v) is 3.52. The first-order valence-corrected chi connectivity index (χ1v) is 8.13. The molecule has 3 aromatic heterocycles. The summed E-state index contributed by atoms with van der Waals surface area (Å²) in [6.45, 7) is 2.62. The van der Waals surface area contributed by atoms with Gasteiger partial charge in [-0.05, 0) is 25.3 Å². The molecule has 0 fully saturated rings. The molecule has 0 amide bonds. The molecule has 3 rings (SSSR count). The summed E-state index contributed by atoms with van der Waals surface area (Å²) in [5, 5.41) is 0. The molecule has 0 bridgehead atoms. The third-order valence-corrected chi connectivity index (χ3v) is 4.90. The van der Waals surface area contributed by atoms with E-state index in [0.717, 1.165) is 32.0 Å². The second kappa shape index (κ2) is 5.41. The van der Waals surface area contributed by atoms with E-state index in [-0.39, 0.29) is 0 Å². The second-order valence-electron chi connectivity index (χ2n) is 4.40. The summed E-state index contributed by atoms with van der Waals surface area (Å²) in [6, 6.07) is 3.96. The van der Waals surface area contributed by atoms with Gasteiger partial charge in [-0.15, -0.1) is 11.3 Å². The van der Waals surface area contributed by atoms with Crippen molar-refractivity contribution in [1.82, 2.24) is 15.0 Å². The minimum atomic E-state index is 0.673. The van der Waals surface area contributed by atoms with Crippen LogP contribution >= 0.6 is 23.1 Å². The fraction of sp³-hybridized carbons (Fsp3) is 0.308. The van der Waals surface area contributed by atoms with Gasteiger partial charge >= 0.3 is 0 Å². The van der Waals surface area contributed by atoms with Crippen molar-refractivity contribution in [3.63, 3.8) is 0 Å². The average Bonchev–Trinajstić information content (AvgIpc) is 3.03. The SMILES string of the molecule is CSc1nc2ncnc(N(C)Cc3ccc(C)o3)c2s1. The molecule has 0 N–H and O–H groups in total. The van der Waals surface area contributed by atoms with E-state index in [1.165, 1.54) is 0 Å². The number of anilines is 1. The van der Waals surface area contributed by atoms with Gasteiger partial charge in [0.25, 0.3) is 0 Å². The van der Waals surface area contributed by atoms with Crippen LogP contribution in [0.1, 0.15) is 11.5 Å². The van der Waals surface area contributed by atoms with Crippen LogP contribution < -0.4 is 4.90 Å². The molecule has 20 heavy (non-hydrogen) atoms. The molecular weight excluding hydrogens is 292 g/mol. The number of nitrogens with zero attached hydrogens (tertiary/aromatic N) is 4. The summed E-state index contributed by atoms with van der Waals surface area (Å²) in [5.41, 5.74) is 0.756. The number of thiazole rings is 1. The topological polar surface area (TPSA) is 55.1 Å². The smallest absolute Gasteiger partial charge is 0.176 e. The number of aromatic nitrogens is 3. The van der Waals surface area contributed by atoms with Gasteiger partial charge in [0.1, 0.15) is 22.5 Å². The highest BCUT2D eigenvalue weighted by atomic mass is 32.2. The second-order valence-corrected chi connectivity index (χ2v) is 6.45. The van der Waals surface area contributed by atoms with Crippen LogP contribution in [0.25, 0.3) is 10.3 Å². The van der Waals surface area contributed by atoms with E-state index >= 15 is 0 Å². The number of rotatable bonds is 4. The predicted octanol–water partition coefficient (Wildman–Crippen LogP) is 3.35. The maximum Gasteiger partial charge on any atom is 0.176 e. The summed E-state index contributed by atoms with van der Waals surface area (Å²) >= 11 is 3.25. The lowest BCUT2D eigenvalue weighted by Crippen LogP contribution is -2.17. The summed E-state index contributed by atoms with van der Waals surface area (Å²) in [7, 11) is 2.00. The van der Waals surface area contributed by atoms with Gasteiger partial charge in [0.2, 0.25) is 0 Å². The fourth-order valence-electron chi connectivity index (χ4n) is 1.96. The molecule has 0 saturated carbocycles. The predicted molar refractivity (Wildman–Crippen MR) is 82.5 cm³/mol. The Balaban J connectivity index is 1.94. The van der Waals surface area contributed by atoms with Gasteiger partial charge in [0.15, 0.2) is 15.8 Å². The zero-order chi connectivity index (χ0) is 14.1. The molecule has 0 atom stereocenters. The van der Waals surface area contributed by atoms with Crippen molar-refractivity contribution in [2.45, 2.75) is 17.8 Å². The van der Waals surface area contributed by atoms with E-state index in [1.807, 2.05) is 32.4 Å². The van der Waals surface area contributed by atoms with Crippen molar-refractivity contribution in [2.75, 3.05) is 18.2 Å². The Morgan fingerprint density at radius 2 is 2.20 bits per heavy atom. The molecule has 3 aromatic rings. The molecule has 104 valence electrons. The van der Waals surface area contributed by atoms with E-state index in [0.29, 0.717) is 6.54 Å². The van der Waals surface area contributed by atoms with Gasteiger partial charge in [-0.2, -0.15) is 0 Å². The summed E-state index contributed by atoms with van der Waals surface area (Å²) in [5.74, 6) is 2.73. The van der Waals surface area contributed by atoms with E-state index in [4.69, 9.17) is 4.42 Å². The molecule has 7 heteroatoms. The third kappa shape index (κ3) is 2.51. The van der Waals surface area contributed by atoms with Gasteiger partial charge in [0, 0.05) is 7.05 Å². The van der Waals surface area contributed by atoms with Crippen molar-refractivity contribution in [1.29, 1.82) is 0 Å². The van der Waals surface area contributed by atoms with Crippen LogP contribution in [-0.2, 0) is 6.54 Å². The first-order valence-electron chi connectivity index (χ1n) is 6.09. The van der Waals surface area contributed by atoms with Crippen LogP contribution in [0.4, 0.5) is 5.82 Å². The van der Waals surface area contributed by atoms with Crippen molar-refractivity contribution >= 4 is 39.3 Å². The van der Waals surface area contributed by atoms with Crippen molar-refractivity contribution < 1.29 is 4.42 Å². The maximum atomic E-state index is 5.61. The summed E-state index contributed by atoms with van der Waals surface area (Å²) in [4.78, 5) is 15.1. The van der Waals surface area contributed by atoms with Gasteiger partial charge < -0.3 is 9.32 Å². The van der Waals surface area contributed by atoms with Crippen LogP contribution in [0.2, 0.25) is 0 Å². The van der Waals surface area contributed by atoms with Gasteiger partial charge in [-0.25, -0.2) is 15.0 Å². The molecule has 0 aromatic carbocycles. The van der Waals surface area contributed by atoms with E-state index in [1.54, 1.807) is 29.4 Å². The van der Waals surface area contributed by atoms with Crippen LogP contribution in [0.5, 0.6) is 0 Å². The Hall–Kier alpha value is -1.60. The highest BCUT2D eigenvalue weighted by Gasteiger charge is 2.14. The lowest BCUT2D eigenvalue weighted by atomic mass is 10.4. The van der Waals surface area contributed by atoms with Crippen LogP contribution in [0.3, 0.4) is 0 Å². The van der Waals surface area contributed by atoms with Gasteiger partial charge in [-0.3, -0.25) is 0 Å². The minimum Gasteiger partial charge on any atom is -0.464 e. The molecule has 0 saturated heterocycles. The normalized spacial score (nSPS) is 11.2. The van der Waals surface area contributed by atoms with E-state index in [2.05, 4.69) is 19.9 Å². The van der Waals surface area contributed by atoms with Crippen LogP contribution in [0, 0.1) is 6.92 Å². The third-order valence-electron chi connectivity index (χ3n) is 2.88. The molecule has 0 aliphatic heterocycles. The Bertz CT molecular complexity index is 737. The Morgan fingerprint density at radius 3 is 2.90 bits per heavy atom. The number of hydrogen-bond acceptors (Lipinski definition) is 7. The number of hydrogen-bond donors (Lipinski definition) is 0. The van der Waals surface area contributed by atoms with Gasteiger partial charge in [-0.1, -0.05) is 11.8 Å². The zero-order valence-electron chi connectivity index (χ0n) is 11.5. The quantitative estimate of drug-likeness (QED) is 0.689. The van der Waals surface area contributed by atoms with E-state index in [9.17, 15) is 0 Å². The van der Waals surface area contributed by atoms with Crippen LogP contribution in [0.15, 0.2) is 27.2 Å². The Morgan fingerprint density at radius 1 is 1.35 bits per heavy atom. The Kier molecular flexibility index (Phi) is 3.62. The highest BCUT2D eigenvalue weighted by Crippen LogP contribution is 2.32. The summed E-state index contributed by atoms with van der Waals surface area (Å²) < 4.78 is 7.63. The first kappa shape index (κ1) is 13.4. The summed E-state index contributed by atoms with van der Waals surface area (Å²) in [6.07, 6.45) is 3.57. The van der Waals surface area contributed by atoms with E-state index < -0.39 is 0 Å². The molecular formula is C13H14N4OS2. The largest absolute Gasteiger partial charge is 0.464 e. The molecule has 0 unspecified atom stereocenters. The number of fused-ring (bicyclic) bond motifs is 1. The average molecular weight is 306 g/mol. The van der Waals surface area contributed by atoms with Crippen molar-refractivity contribution in [3.8, 4) is 0 Å². The standard InChI is InChI=1S/C13H14N4OS2/c1-8-4-5-9(18-8)6-17(2)12-10-11(14-7-15-12)16-13(19-3)20-10/h4-5,7H,6H2,1-3H3. The Labute approximate surface area is 125 Å². The lowest BCUT2D eigenvalue weighted by Gasteiger charge is -2.16. The number of furan rings is 1. The minimum absolute atomic E-state index is 0.673. The molecule has 0 radical (unpaired) electrons. The lowest BCUT2D eigenvalue weighted by molar-refractivity contribution is 0.481. The maximum absolute atomic E-state index is 5.61. The van der Waals surface area contributed by atoms with Crippen molar-refractivity contribution in [3.05, 3.63) is 30.0 Å². The molecule has 3 heterocycles. The molecule has 5 nitrogen and oxygen atoms in total. The molecule has 0 aliphatic rings. The number of aryl methyl sites for hydroxylation is 1. The molecule has 0 aliphatic carbocycles. The number of thioether (sulfide) groups is 1. The van der Waals surface area contributed by atoms with Crippen LogP contribution in [-0.4, -0.2) is 28.3 Å².